The Bertz CT molecular complexity index is 1060. The van der Waals surface area contributed by atoms with Gasteiger partial charge in [0.15, 0.2) is 0 Å². The zero-order chi connectivity index (χ0) is 21.1. The third-order valence-corrected chi connectivity index (χ3v) is 5.72. The van der Waals surface area contributed by atoms with Crippen LogP contribution in [0.1, 0.15) is 52.0 Å². The fourth-order valence-electron chi connectivity index (χ4n) is 4.05. The maximum absolute atomic E-state index is 13.0. The number of carbonyl (C=O) groups is 2. The molecule has 156 valence electrons. The number of amides is 2. The Morgan fingerprint density at radius 1 is 1.13 bits per heavy atom. The maximum atomic E-state index is 13.0. The molecule has 3 N–H and O–H groups in total. The number of hydrogen-bond donors (Lipinski definition) is 3. The topological polar surface area (TPSA) is 96.2 Å². The smallest absolute Gasteiger partial charge is 0.255 e. The summed E-state index contributed by atoms with van der Waals surface area (Å²) in [7, 11) is 1.61. The van der Waals surface area contributed by atoms with E-state index < -0.39 is 6.10 Å². The number of aliphatic hydroxyl groups is 1. The molecule has 2 atom stereocenters. The highest BCUT2D eigenvalue weighted by Gasteiger charge is 2.26. The van der Waals surface area contributed by atoms with Crippen LogP contribution in [-0.4, -0.2) is 45.7 Å². The predicted molar refractivity (Wildman–Crippen MR) is 114 cm³/mol. The van der Waals surface area contributed by atoms with E-state index in [1.165, 1.54) is 0 Å². The molecule has 2 amide bonds. The van der Waals surface area contributed by atoms with Crippen LogP contribution in [0.3, 0.4) is 0 Å². The molecule has 0 spiro atoms. The van der Waals surface area contributed by atoms with Crippen molar-refractivity contribution in [3.8, 4) is 0 Å². The summed E-state index contributed by atoms with van der Waals surface area (Å²) >= 11 is 0. The van der Waals surface area contributed by atoms with Gasteiger partial charge in [-0.05, 0) is 42.7 Å². The molecule has 0 saturated heterocycles. The molecule has 30 heavy (non-hydrogen) atoms. The van der Waals surface area contributed by atoms with Crippen molar-refractivity contribution in [2.24, 2.45) is 0 Å². The fourth-order valence-corrected chi connectivity index (χ4v) is 4.05. The zero-order valence-electron chi connectivity index (χ0n) is 17.0. The second-order valence-corrected chi connectivity index (χ2v) is 7.75. The Hall–Kier alpha value is -3.19. The minimum Gasteiger partial charge on any atom is -0.391 e. The normalized spacial score (nSPS) is 18.9. The van der Waals surface area contributed by atoms with Gasteiger partial charge in [0.1, 0.15) is 5.52 Å². The van der Waals surface area contributed by atoms with Gasteiger partial charge in [0.05, 0.1) is 23.2 Å². The Morgan fingerprint density at radius 2 is 1.90 bits per heavy atom. The van der Waals surface area contributed by atoms with Gasteiger partial charge in [0.2, 0.25) is 0 Å². The van der Waals surface area contributed by atoms with E-state index in [1.807, 2.05) is 35.0 Å². The Kier molecular flexibility index (Phi) is 5.81. The van der Waals surface area contributed by atoms with Crippen molar-refractivity contribution in [1.82, 2.24) is 20.2 Å². The van der Waals surface area contributed by atoms with E-state index in [1.54, 1.807) is 25.4 Å². The number of aromatic nitrogens is 2. The molecule has 0 radical (unpaired) electrons. The van der Waals surface area contributed by atoms with Crippen LogP contribution in [-0.2, 0) is 6.54 Å². The average molecular weight is 406 g/mol. The number of fused-ring (bicyclic) bond motifs is 1. The molecule has 4 rings (SSSR count). The van der Waals surface area contributed by atoms with Crippen LogP contribution in [0.25, 0.3) is 11.0 Å². The van der Waals surface area contributed by atoms with Gasteiger partial charge in [-0.3, -0.25) is 14.6 Å². The Labute approximate surface area is 175 Å². The summed E-state index contributed by atoms with van der Waals surface area (Å²) in [6.07, 6.45) is 6.50. The van der Waals surface area contributed by atoms with Gasteiger partial charge in [0.25, 0.3) is 11.8 Å². The van der Waals surface area contributed by atoms with E-state index in [2.05, 4.69) is 15.6 Å². The van der Waals surface area contributed by atoms with E-state index in [-0.39, 0.29) is 17.9 Å². The Balaban J connectivity index is 1.59. The van der Waals surface area contributed by atoms with Crippen LogP contribution < -0.4 is 10.6 Å². The largest absolute Gasteiger partial charge is 0.391 e. The molecule has 1 aromatic carbocycles. The van der Waals surface area contributed by atoms with E-state index in [9.17, 15) is 14.7 Å². The molecule has 0 unspecified atom stereocenters. The molecule has 1 aliphatic carbocycles. The van der Waals surface area contributed by atoms with Crippen molar-refractivity contribution in [2.75, 3.05) is 7.05 Å². The monoisotopic (exact) mass is 406 g/mol. The summed E-state index contributed by atoms with van der Waals surface area (Å²) in [5, 5.41) is 15.8. The number of nitrogens with one attached hydrogen (secondary N) is 2. The number of pyridine rings is 1. The summed E-state index contributed by atoms with van der Waals surface area (Å²) in [6.45, 7) is 0.551. The van der Waals surface area contributed by atoms with Gasteiger partial charge < -0.3 is 20.3 Å². The highest BCUT2D eigenvalue weighted by atomic mass is 16.3. The highest BCUT2D eigenvalue weighted by Crippen LogP contribution is 2.23. The molecule has 3 aromatic rings. The number of aliphatic hydroxyl groups excluding tert-OH is 1. The highest BCUT2D eigenvalue weighted by molar-refractivity contribution is 6.05. The fraction of sp³-hybridized carbons (Fsp3) is 0.348. The molecule has 0 bridgehead atoms. The first-order valence-electron chi connectivity index (χ1n) is 10.3. The molecule has 0 aliphatic heterocycles. The van der Waals surface area contributed by atoms with Crippen LogP contribution >= 0.6 is 0 Å². The second kappa shape index (κ2) is 8.67. The lowest BCUT2D eigenvalue weighted by Crippen LogP contribution is -2.45. The number of nitrogens with zero attached hydrogens (tertiary/aromatic N) is 2. The van der Waals surface area contributed by atoms with Gasteiger partial charge in [-0.25, -0.2) is 0 Å². The average Bonchev–Trinajstić information content (AvgIpc) is 3.14. The summed E-state index contributed by atoms with van der Waals surface area (Å²) in [6, 6.07) is 11.0. The quantitative estimate of drug-likeness (QED) is 0.607. The number of rotatable bonds is 5. The minimum atomic E-state index is -0.497. The summed E-state index contributed by atoms with van der Waals surface area (Å²) < 4.78 is 1.99. The van der Waals surface area contributed by atoms with Crippen molar-refractivity contribution in [3.05, 3.63) is 65.5 Å². The lowest BCUT2D eigenvalue weighted by atomic mass is 9.92. The predicted octanol–water partition coefficient (Wildman–Crippen LogP) is 2.48. The van der Waals surface area contributed by atoms with Crippen LogP contribution in [0.5, 0.6) is 0 Å². The van der Waals surface area contributed by atoms with E-state index >= 15 is 0 Å². The third kappa shape index (κ3) is 4.07. The minimum absolute atomic E-state index is 0.124. The first kappa shape index (κ1) is 20.1. The lowest BCUT2D eigenvalue weighted by molar-refractivity contribution is 0.0718. The van der Waals surface area contributed by atoms with Crippen molar-refractivity contribution >= 4 is 22.8 Å². The maximum Gasteiger partial charge on any atom is 0.255 e. The lowest BCUT2D eigenvalue weighted by Gasteiger charge is -2.28. The summed E-state index contributed by atoms with van der Waals surface area (Å²) in [4.78, 5) is 29.1. The summed E-state index contributed by atoms with van der Waals surface area (Å²) in [5.74, 6) is -0.334. The number of benzene rings is 1. The number of hydrogen-bond acceptors (Lipinski definition) is 4. The van der Waals surface area contributed by atoms with Crippen LogP contribution in [0, 0.1) is 0 Å². The van der Waals surface area contributed by atoms with E-state index in [4.69, 9.17) is 0 Å². The Morgan fingerprint density at radius 3 is 2.63 bits per heavy atom. The van der Waals surface area contributed by atoms with Crippen molar-refractivity contribution in [2.45, 2.75) is 44.4 Å². The molecular formula is C23H26N4O3. The first-order chi connectivity index (χ1) is 14.6. The van der Waals surface area contributed by atoms with Crippen LogP contribution in [0.15, 0.2) is 48.8 Å². The van der Waals surface area contributed by atoms with Crippen molar-refractivity contribution in [3.63, 3.8) is 0 Å². The molecule has 1 aliphatic rings. The number of carbonyl (C=O) groups excluding carboxylic acids is 2. The van der Waals surface area contributed by atoms with Crippen molar-refractivity contribution in [1.29, 1.82) is 0 Å². The molecule has 7 nitrogen and oxygen atoms in total. The second-order valence-electron chi connectivity index (χ2n) is 7.75. The molecular weight excluding hydrogens is 380 g/mol. The third-order valence-electron chi connectivity index (χ3n) is 5.72. The zero-order valence-corrected chi connectivity index (χ0v) is 17.0. The van der Waals surface area contributed by atoms with Gasteiger partial charge >= 0.3 is 0 Å². The molecule has 2 heterocycles. The standard InChI is InChI=1S/C23H26N4O3/c1-24-22(29)16-10-8-15(9-11-16)13-27-14-17(21-19(27)6-4-12-25-21)23(30)26-18-5-2-3-7-20(18)28/h4,6,8-12,14,18,20,28H,2-3,5,7,13H2,1H3,(H,24,29)(H,26,30)/t18-,20-/m0/s1. The van der Waals surface area contributed by atoms with Crippen molar-refractivity contribution < 1.29 is 14.7 Å². The van der Waals surface area contributed by atoms with Gasteiger partial charge in [-0.1, -0.05) is 25.0 Å². The molecule has 7 heteroatoms. The van der Waals surface area contributed by atoms with Crippen LogP contribution in [0.4, 0.5) is 0 Å². The van der Waals surface area contributed by atoms with Crippen LogP contribution in [0.2, 0.25) is 0 Å². The van der Waals surface area contributed by atoms with Gasteiger partial charge in [0, 0.05) is 31.5 Å². The molecule has 2 aromatic heterocycles. The van der Waals surface area contributed by atoms with Gasteiger partial charge in [-0.15, -0.1) is 0 Å². The first-order valence-corrected chi connectivity index (χ1v) is 10.3. The molecule has 1 fully saturated rings. The SMILES string of the molecule is CNC(=O)c1ccc(Cn2cc(C(=O)N[C@H]3CCCC[C@@H]3O)c3ncccc32)cc1. The van der Waals surface area contributed by atoms with Gasteiger partial charge in [-0.2, -0.15) is 0 Å². The van der Waals surface area contributed by atoms with E-state index in [0.717, 1.165) is 36.8 Å². The summed E-state index contributed by atoms with van der Waals surface area (Å²) in [5.41, 5.74) is 3.62. The molecule has 1 saturated carbocycles. The van der Waals surface area contributed by atoms with E-state index in [0.29, 0.717) is 23.2 Å².